The van der Waals surface area contributed by atoms with Crippen molar-refractivity contribution < 1.29 is 5.11 Å². The van der Waals surface area contributed by atoms with Gasteiger partial charge in [-0.05, 0) is 0 Å². The van der Waals surface area contributed by atoms with Gasteiger partial charge in [0.15, 0.2) is 0 Å². The quantitative estimate of drug-likeness (QED) is 0.350. The van der Waals surface area contributed by atoms with E-state index in [1.165, 1.54) is 6.08 Å². The van der Waals surface area contributed by atoms with E-state index in [1.807, 2.05) is 6.07 Å². The van der Waals surface area contributed by atoms with Crippen LogP contribution in [-0.4, -0.2) is 10.9 Å². The zero-order valence-electron chi connectivity index (χ0n) is 6.49. The lowest BCUT2D eigenvalue weighted by Gasteiger charge is -1.97. The van der Waals surface area contributed by atoms with Crippen LogP contribution in [0.5, 0.6) is 0 Å². The highest BCUT2D eigenvalue weighted by atomic mass is 16.3. The summed E-state index contributed by atoms with van der Waals surface area (Å²) in [6.45, 7) is 0. The van der Waals surface area contributed by atoms with Gasteiger partial charge in [-0.3, -0.25) is 5.41 Å². The molecule has 0 spiro atoms. The van der Waals surface area contributed by atoms with Crippen LogP contribution >= 0.6 is 0 Å². The average Bonchev–Trinajstić information content (AvgIpc) is 2.05. The van der Waals surface area contributed by atoms with Crippen molar-refractivity contribution in [1.29, 1.82) is 5.41 Å². The standard InChI is InChI=1S/C9H10N2O/c10-9(11)6-8(12)7-4-2-1-3-5-7/h1-6,12H,(H3,10,11)/b8-6-. The van der Waals surface area contributed by atoms with E-state index in [1.54, 1.807) is 24.3 Å². The molecule has 3 heteroatoms. The van der Waals surface area contributed by atoms with Gasteiger partial charge in [-0.2, -0.15) is 0 Å². The number of hydrogen-bond donors (Lipinski definition) is 3. The Morgan fingerprint density at radius 3 is 2.42 bits per heavy atom. The normalized spacial score (nSPS) is 11.2. The van der Waals surface area contributed by atoms with Crippen LogP contribution in [0, 0.1) is 5.41 Å². The molecule has 1 aromatic carbocycles. The van der Waals surface area contributed by atoms with Crippen molar-refractivity contribution in [2.24, 2.45) is 5.73 Å². The second-order valence-corrected chi connectivity index (χ2v) is 2.35. The minimum atomic E-state index is -0.156. The van der Waals surface area contributed by atoms with Gasteiger partial charge in [0.2, 0.25) is 0 Å². The van der Waals surface area contributed by atoms with Crippen molar-refractivity contribution in [2.45, 2.75) is 0 Å². The van der Waals surface area contributed by atoms with Crippen LogP contribution in [0.3, 0.4) is 0 Å². The van der Waals surface area contributed by atoms with Gasteiger partial charge in [0, 0.05) is 11.6 Å². The third-order valence-corrected chi connectivity index (χ3v) is 1.36. The Kier molecular flexibility index (Phi) is 2.48. The Morgan fingerprint density at radius 2 is 1.92 bits per heavy atom. The van der Waals surface area contributed by atoms with Crippen molar-refractivity contribution in [3.63, 3.8) is 0 Å². The van der Waals surface area contributed by atoms with Crippen LogP contribution in [0.4, 0.5) is 0 Å². The van der Waals surface area contributed by atoms with E-state index in [0.29, 0.717) is 5.56 Å². The molecule has 0 saturated heterocycles. The zero-order valence-corrected chi connectivity index (χ0v) is 6.49. The van der Waals surface area contributed by atoms with Gasteiger partial charge in [0.05, 0.1) is 0 Å². The molecule has 0 heterocycles. The molecule has 0 unspecified atom stereocenters. The summed E-state index contributed by atoms with van der Waals surface area (Å²) < 4.78 is 0. The van der Waals surface area contributed by atoms with E-state index < -0.39 is 0 Å². The number of benzene rings is 1. The van der Waals surface area contributed by atoms with E-state index in [0.717, 1.165) is 0 Å². The number of nitrogens with one attached hydrogen (secondary N) is 1. The SMILES string of the molecule is N=C(N)/C=C(\O)c1ccccc1. The monoisotopic (exact) mass is 162 g/mol. The van der Waals surface area contributed by atoms with Crippen LogP contribution in [0.25, 0.3) is 5.76 Å². The summed E-state index contributed by atoms with van der Waals surface area (Å²) >= 11 is 0. The van der Waals surface area contributed by atoms with Crippen LogP contribution in [-0.2, 0) is 0 Å². The molecule has 0 saturated carbocycles. The second-order valence-electron chi connectivity index (χ2n) is 2.35. The van der Waals surface area contributed by atoms with Crippen molar-refractivity contribution >= 4 is 11.6 Å². The molecular weight excluding hydrogens is 152 g/mol. The average molecular weight is 162 g/mol. The maximum atomic E-state index is 9.33. The molecule has 0 aliphatic rings. The molecule has 0 amide bonds. The largest absolute Gasteiger partial charge is 0.507 e. The molecule has 0 aliphatic heterocycles. The zero-order chi connectivity index (χ0) is 8.97. The Labute approximate surface area is 70.7 Å². The van der Waals surface area contributed by atoms with Gasteiger partial charge in [0.25, 0.3) is 0 Å². The summed E-state index contributed by atoms with van der Waals surface area (Å²) in [6.07, 6.45) is 1.20. The lowest BCUT2D eigenvalue weighted by atomic mass is 10.2. The molecule has 1 rings (SSSR count). The van der Waals surface area contributed by atoms with E-state index in [-0.39, 0.29) is 11.6 Å². The predicted molar refractivity (Wildman–Crippen MR) is 49.0 cm³/mol. The summed E-state index contributed by atoms with van der Waals surface area (Å²) in [7, 11) is 0. The number of amidine groups is 1. The number of nitrogens with two attached hydrogens (primary N) is 1. The van der Waals surface area contributed by atoms with Crippen LogP contribution in [0.15, 0.2) is 36.4 Å². The third kappa shape index (κ3) is 2.12. The van der Waals surface area contributed by atoms with Crippen molar-refractivity contribution in [3.8, 4) is 0 Å². The predicted octanol–water partition coefficient (Wildman–Crippen LogP) is 1.52. The van der Waals surface area contributed by atoms with Crippen molar-refractivity contribution in [2.75, 3.05) is 0 Å². The summed E-state index contributed by atoms with van der Waals surface area (Å²) in [4.78, 5) is 0. The number of aliphatic hydroxyl groups excluding tert-OH is 1. The van der Waals surface area contributed by atoms with Gasteiger partial charge in [-0.1, -0.05) is 30.3 Å². The summed E-state index contributed by atoms with van der Waals surface area (Å²) in [5.41, 5.74) is 5.74. The number of rotatable bonds is 2. The molecule has 0 atom stereocenters. The van der Waals surface area contributed by atoms with Crippen LogP contribution in [0.1, 0.15) is 5.56 Å². The highest BCUT2D eigenvalue weighted by molar-refractivity contribution is 5.94. The summed E-state index contributed by atoms with van der Waals surface area (Å²) in [6, 6.07) is 8.95. The van der Waals surface area contributed by atoms with Crippen molar-refractivity contribution in [3.05, 3.63) is 42.0 Å². The highest BCUT2D eigenvalue weighted by Crippen LogP contribution is 2.08. The topological polar surface area (TPSA) is 70.1 Å². The molecule has 12 heavy (non-hydrogen) atoms. The molecule has 3 nitrogen and oxygen atoms in total. The first-order chi connectivity index (χ1) is 5.70. The highest BCUT2D eigenvalue weighted by Gasteiger charge is 1.96. The maximum absolute atomic E-state index is 9.33. The fraction of sp³-hybridized carbons (Fsp3) is 0. The molecular formula is C9H10N2O. The van der Waals surface area contributed by atoms with Gasteiger partial charge in [0.1, 0.15) is 11.6 Å². The fourth-order valence-corrected chi connectivity index (χ4v) is 0.840. The third-order valence-electron chi connectivity index (χ3n) is 1.36. The minimum absolute atomic E-state index is 0.0168. The number of hydrogen-bond acceptors (Lipinski definition) is 2. The molecule has 0 aliphatic carbocycles. The molecule has 0 bridgehead atoms. The Morgan fingerprint density at radius 1 is 1.33 bits per heavy atom. The van der Waals surface area contributed by atoms with Crippen LogP contribution < -0.4 is 5.73 Å². The molecule has 4 N–H and O–H groups in total. The lowest BCUT2D eigenvalue weighted by molar-refractivity contribution is 0.512. The van der Waals surface area contributed by atoms with E-state index in [9.17, 15) is 5.11 Å². The minimum Gasteiger partial charge on any atom is -0.507 e. The first-order valence-corrected chi connectivity index (χ1v) is 3.50. The number of aliphatic hydroxyl groups is 1. The van der Waals surface area contributed by atoms with Gasteiger partial charge >= 0.3 is 0 Å². The first kappa shape index (κ1) is 8.33. The molecule has 0 fully saturated rings. The van der Waals surface area contributed by atoms with Crippen LogP contribution in [0.2, 0.25) is 0 Å². The fourth-order valence-electron chi connectivity index (χ4n) is 0.840. The molecule has 62 valence electrons. The van der Waals surface area contributed by atoms with Crippen molar-refractivity contribution in [1.82, 2.24) is 0 Å². The first-order valence-electron chi connectivity index (χ1n) is 3.50. The van der Waals surface area contributed by atoms with Gasteiger partial charge < -0.3 is 10.8 Å². The molecule has 1 aromatic rings. The second kappa shape index (κ2) is 3.57. The van der Waals surface area contributed by atoms with Gasteiger partial charge in [-0.15, -0.1) is 0 Å². The Hall–Kier alpha value is -1.77. The Balaban J connectivity index is 2.93. The summed E-state index contributed by atoms with van der Waals surface area (Å²) in [5, 5.41) is 16.2. The Bertz CT molecular complexity index is 304. The smallest absolute Gasteiger partial charge is 0.126 e. The molecule has 0 aromatic heterocycles. The van der Waals surface area contributed by atoms with E-state index >= 15 is 0 Å². The van der Waals surface area contributed by atoms with E-state index in [2.05, 4.69) is 0 Å². The maximum Gasteiger partial charge on any atom is 0.126 e. The van der Waals surface area contributed by atoms with Gasteiger partial charge in [-0.25, -0.2) is 0 Å². The van der Waals surface area contributed by atoms with E-state index in [4.69, 9.17) is 11.1 Å². The molecule has 0 radical (unpaired) electrons. The summed E-state index contributed by atoms with van der Waals surface area (Å²) in [5.74, 6) is -0.139. The lowest BCUT2D eigenvalue weighted by Crippen LogP contribution is -2.05.